The van der Waals surface area contributed by atoms with Gasteiger partial charge in [-0.1, -0.05) is 18.2 Å². The van der Waals surface area contributed by atoms with Gasteiger partial charge in [0.1, 0.15) is 5.75 Å². The van der Waals surface area contributed by atoms with Crippen molar-refractivity contribution in [3.8, 4) is 5.75 Å². The first kappa shape index (κ1) is 20.2. The number of phenols is 1. The Bertz CT molecular complexity index is 1420. The van der Waals surface area contributed by atoms with Crippen LogP contribution >= 0.6 is 0 Å². The number of hydrogen-bond donors (Lipinski definition) is 5. The third-order valence-electron chi connectivity index (χ3n) is 4.63. The van der Waals surface area contributed by atoms with Crippen LogP contribution in [-0.2, 0) is 16.6 Å². The number of carbonyl (C=O) groups is 1. The van der Waals surface area contributed by atoms with Gasteiger partial charge in [-0.25, -0.2) is 13.2 Å². The molecule has 0 saturated heterocycles. The standard InChI is InChI=1S/C21H18N4O5S/c26-19-4-2-1-3-14(19)12-22-20(27)13-5-7-15(8-6-13)25-31(29,30)16-9-10-17-18(11-16)24-21(28)23-17/h1-11,25-26H,12H2,(H,22,27)(H2,23,24,28). The number of aromatic hydroxyl groups is 1. The number of nitrogens with one attached hydrogen (secondary N) is 4. The highest BCUT2D eigenvalue weighted by Crippen LogP contribution is 2.20. The van der Waals surface area contributed by atoms with Gasteiger partial charge in [-0.05, 0) is 48.5 Å². The quantitative estimate of drug-likeness (QED) is 0.314. The Morgan fingerprint density at radius 3 is 2.39 bits per heavy atom. The van der Waals surface area contributed by atoms with Crippen LogP contribution in [0.4, 0.5) is 5.69 Å². The first-order valence-corrected chi connectivity index (χ1v) is 10.7. The molecule has 0 aliphatic heterocycles. The van der Waals surface area contributed by atoms with Crippen LogP contribution in [0.25, 0.3) is 11.0 Å². The van der Waals surface area contributed by atoms with E-state index < -0.39 is 15.7 Å². The summed E-state index contributed by atoms with van der Waals surface area (Å²) in [6.07, 6.45) is 0. The van der Waals surface area contributed by atoms with Crippen LogP contribution in [0.15, 0.2) is 76.4 Å². The molecule has 0 fully saturated rings. The third kappa shape index (κ3) is 4.43. The number of fused-ring (bicyclic) bond motifs is 1. The van der Waals surface area contributed by atoms with Gasteiger partial charge in [0.05, 0.1) is 15.9 Å². The molecule has 0 atom stereocenters. The largest absolute Gasteiger partial charge is 0.508 e. The molecule has 9 nitrogen and oxygen atoms in total. The van der Waals surface area contributed by atoms with Gasteiger partial charge in [0.15, 0.2) is 0 Å². The van der Waals surface area contributed by atoms with Gasteiger partial charge in [0, 0.05) is 23.4 Å². The Kier molecular flexibility index (Phi) is 5.22. The van der Waals surface area contributed by atoms with Crippen LogP contribution in [0.3, 0.4) is 0 Å². The Hall–Kier alpha value is -4.05. The summed E-state index contributed by atoms with van der Waals surface area (Å²) in [6, 6.07) is 16.9. The number of hydrogen-bond acceptors (Lipinski definition) is 5. The molecule has 0 spiro atoms. The average Bonchev–Trinajstić information content (AvgIpc) is 3.12. The van der Waals surface area contributed by atoms with Gasteiger partial charge in [-0.15, -0.1) is 0 Å². The highest BCUT2D eigenvalue weighted by molar-refractivity contribution is 7.92. The van der Waals surface area contributed by atoms with E-state index in [1.807, 2.05) is 0 Å². The van der Waals surface area contributed by atoms with E-state index >= 15 is 0 Å². The predicted molar refractivity (Wildman–Crippen MR) is 115 cm³/mol. The lowest BCUT2D eigenvalue weighted by Crippen LogP contribution is -2.22. The zero-order valence-electron chi connectivity index (χ0n) is 16.0. The van der Waals surface area contributed by atoms with Crippen molar-refractivity contribution < 1.29 is 18.3 Å². The smallest absolute Gasteiger partial charge is 0.323 e. The maximum atomic E-state index is 12.6. The van der Waals surface area contributed by atoms with Gasteiger partial charge in [-0.3, -0.25) is 9.52 Å². The van der Waals surface area contributed by atoms with E-state index in [9.17, 15) is 23.1 Å². The second-order valence-electron chi connectivity index (χ2n) is 6.78. The Labute approximate surface area is 176 Å². The number of carbonyl (C=O) groups excluding carboxylic acids is 1. The lowest BCUT2D eigenvalue weighted by molar-refractivity contribution is 0.0951. The number of imidazole rings is 1. The molecule has 0 aliphatic rings. The number of aromatic nitrogens is 2. The summed E-state index contributed by atoms with van der Waals surface area (Å²) in [7, 11) is -3.89. The molecule has 1 heterocycles. The van der Waals surface area contributed by atoms with Crippen molar-refractivity contribution in [3.63, 3.8) is 0 Å². The van der Waals surface area contributed by atoms with E-state index in [1.54, 1.807) is 18.2 Å². The molecule has 1 amide bonds. The molecule has 0 unspecified atom stereocenters. The van der Waals surface area contributed by atoms with Crippen molar-refractivity contribution in [2.45, 2.75) is 11.4 Å². The summed E-state index contributed by atoms with van der Waals surface area (Å²) < 4.78 is 27.7. The molecule has 4 aromatic rings. The summed E-state index contributed by atoms with van der Waals surface area (Å²) in [5.41, 5.74) is 1.66. The number of H-pyrrole nitrogens is 2. The second kappa shape index (κ2) is 8.00. The lowest BCUT2D eigenvalue weighted by Gasteiger charge is -2.10. The first-order chi connectivity index (χ1) is 14.8. The minimum Gasteiger partial charge on any atom is -0.508 e. The summed E-state index contributed by atoms with van der Waals surface area (Å²) >= 11 is 0. The van der Waals surface area contributed by atoms with Crippen LogP contribution in [0.5, 0.6) is 5.75 Å². The molecule has 10 heteroatoms. The SMILES string of the molecule is O=C(NCc1ccccc1O)c1ccc(NS(=O)(=O)c2ccc3[nH]c(=O)[nH]c3c2)cc1. The molecule has 31 heavy (non-hydrogen) atoms. The zero-order chi connectivity index (χ0) is 22.0. The van der Waals surface area contributed by atoms with Crippen molar-refractivity contribution in [2.24, 2.45) is 0 Å². The zero-order valence-corrected chi connectivity index (χ0v) is 16.9. The summed E-state index contributed by atoms with van der Waals surface area (Å²) in [5, 5.41) is 12.5. The number of anilines is 1. The normalized spacial score (nSPS) is 11.4. The van der Waals surface area contributed by atoms with E-state index in [4.69, 9.17) is 0 Å². The summed E-state index contributed by atoms with van der Waals surface area (Å²) in [4.78, 5) is 28.7. The number of phenolic OH excluding ortho intramolecular Hbond substituents is 1. The highest BCUT2D eigenvalue weighted by atomic mass is 32.2. The van der Waals surface area contributed by atoms with Crippen molar-refractivity contribution in [3.05, 3.63) is 88.3 Å². The molecular weight excluding hydrogens is 420 g/mol. The van der Waals surface area contributed by atoms with Crippen molar-refractivity contribution in [1.82, 2.24) is 15.3 Å². The van der Waals surface area contributed by atoms with Crippen molar-refractivity contribution in [1.29, 1.82) is 0 Å². The van der Waals surface area contributed by atoms with Gasteiger partial charge in [0.25, 0.3) is 15.9 Å². The molecule has 158 valence electrons. The van der Waals surface area contributed by atoms with Gasteiger partial charge >= 0.3 is 5.69 Å². The number of benzene rings is 3. The fraction of sp³-hybridized carbons (Fsp3) is 0.0476. The average molecular weight is 438 g/mol. The number of sulfonamides is 1. The van der Waals surface area contributed by atoms with Crippen molar-refractivity contribution in [2.75, 3.05) is 4.72 Å². The van der Waals surface area contributed by atoms with Crippen LogP contribution in [-0.4, -0.2) is 29.4 Å². The lowest BCUT2D eigenvalue weighted by atomic mass is 10.1. The van der Waals surface area contributed by atoms with Crippen LogP contribution in [0.2, 0.25) is 0 Å². The minimum absolute atomic E-state index is 0.0141. The molecule has 3 aromatic carbocycles. The van der Waals surface area contributed by atoms with E-state index in [2.05, 4.69) is 20.0 Å². The third-order valence-corrected chi connectivity index (χ3v) is 6.01. The summed E-state index contributed by atoms with van der Waals surface area (Å²) in [5.74, 6) is -0.269. The fourth-order valence-corrected chi connectivity index (χ4v) is 4.10. The topological polar surface area (TPSA) is 144 Å². The summed E-state index contributed by atoms with van der Waals surface area (Å²) in [6.45, 7) is 0.156. The number of aromatic amines is 2. The van der Waals surface area contributed by atoms with Crippen LogP contribution in [0, 0.1) is 0 Å². The molecule has 0 aliphatic carbocycles. The molecular formula is C21H18N4O5S. The second-order valence-corrected chi connectivity index (χ2v) is 8.46. The van der Waals surface area contributed by atoms with Gasteiger partial charge in [-0.2, -0.15) is 0 Å². The molecule has 4 rings (SSSR count). The molecule has 5 N–H and O–H groups in total. The van der Waals surface area contributed by atoms with Crippen molar-refractivity contribution >= 4 is 32.7 Å². The maximum absolute atomic E-state index is 12.6. The van der Waals surface area contributed by atoms with Gasteiger partial charge < -0.3 is 20.4 Å². The Morgan fingerprint density at radius 2 is 1.65 bits per heavy atom. The molecule has 0 bridgehead atoms. The molecule has 1 aromatic heterocycles. The predicted octanol–water partition coefficient (Wildman–Crippen LogP) is 2.29. The maximum Gasteiger partial charge on any atom is 0.323 e. The van der Waals surface area contributed by atoms with Crippen LogP contribution < -0.4 is 15.7 Å². The monoisotopic (exact) mass is 438 g/mol. The van der Waals surface area contributed by atoms with E-state index in [1.165, 1.54) is 48.5 Å². The fourth-order valence-electron chi connectivity index (χ4n) is 3.02. The highest BCUT2D eigenvalue weighted by Gasteiger charge is 2.16. The number of rotatable bonds is 6. The molecule has 0 saturated carbocycles. The van der Waals surface area contributed by atoms with Gasteiger partial charge in [0.2, 0.25) is 0 Å². The Morgan fingerprint density at radius 1 is 0.935 bits per heavy atom. The Balaban J connectivity index is 1.45. The number of para-hydroxylation sites is 1. The number of amides is 1. The van der Waals surface area contributed by atoms with E-state index in [0.717, 1.165) is 0 Å². The minimum atomic E-state index is -3.89. The van der Waals surface area contributed by atoms with E-state index in [0.29, 0.717) is 22.2 Å². The first-order valence-electron chi connectivity index (χ1n) is 9.22. The van der Waals surface area contributed by atoms with Crippen LogP contribution in [0.1, 0.15) is 15.9 Å². The molecule has 0 radical (unpaired) electrons. The van der Waals surface area contributed by atoms with E-state index in [-0.39, 0.29) is 28.8 Å².